The molecule has 2 rings (SSSR count). The molecule has 1 N–H and O–H groups in total. The Bertz CT molecular complexity index is 485. The first kappa shape index (κ1) is 12.4. The van der Waals surface area contributed by atoms with Crippen molar-refractivity contribution in [2.45, 2.75) is 19.9 Å². The van der Waals surface area contributed by atoms with E-state index in [1.807, 2.05) is 55.6 Å². The Kier molecular flexibility index (Phi) is 4.18. The van der Waals surface area contributed by atoms with Crippen molar-refractivity contribution in [3.63, 3.8) is 0 Å². The minimum absolute atomic E-state index is 0.170. The van der Waals surface area contributed by atoms with Gasteiger partial charge in [0.15, 0.2) is 0 Å². The van der Waals surface area contributed by atoms with E-state index in [1.165, 1.54) is 0 Å². The molecule has 2 aromatic rings. The largest absolute Gasteiger partial charge is 0.494 e. The van der Waals surface area contributed by atoms with Gasteiger partial charge in [0.2, 0.25) is 0 Å². The molecule has 0 radical (unpaired) electrons. The second-order valence-corrected chi connectivity index (χ2v) is 4.08. The fourth-order valence-corrected chi connectivity index (χ4v) is 1.80. The van der Waals surface area contributed by atoms with Gasteiger partial charge in [0.25, 0.3) is 0 Å². The monoisotopic (exact) mass is 242 g/mol. The number of hydrogen-bond donors (Lipinski definition) is 1. The number of hydrogen-bond acceptors (Lipinski definition) is 3. The molecule has 0 aliphatic heterocycles. The standard InChI is InChI=1S/C15H18N2O/c1-3-18-14-8-6-7-13(11-14)17-12(2)15-9-4-5-10-16-15/h4-12,17H,3H2,1-2H3. The number of anilines is 1. The normalized spacial score (nSPS) is 11.9. The zero-order valence-electron chi connectivity index (χ0n) is 10.8. The molecule has 0 bridgehead atoms. The van der Waals surface area contributed by atoms with Crippen molar-refractivity contribution >= 4 is 5.69 Å². The minimum Gasteiger partial charge on any atom is -0.494 e. The average molecular weight is 242 g/mol. The molecule has 1 atom stereocenters. The lowest BCUT2D eigenvalue weighted by atomic mass is 10.2. The van der Waals surface area contributed by atoms with Gasteiger partial charge in [-0.15, -0.1) is 0 Å². The van der Waals surface area contributed by atoms with E-state index >= 15 is 0 Å². The molecule has 3 nitrogen and oxygen atoms in total. The maximum absolute atomic E-state index is 5.48. The van der Waals surface area contributed by atoms with Crippen LogP contribution in [0.3, 0.4) is 0 Å². The molecule has 1 unspecified atom stereocenters. The lowest BCUT2D eigenvalue weighted by molar-refractivity contribution is 0.340. The number of nitrogens with zero attached hydrogens (tertiary/aromatic N) is 1. The third-order valence-corrected chi connectivity index (χ3v) is 2.66. The predicted molar refractivity (Wildman–Crippen MR) is 73.9 cm³/mol. The van der Waals surface area contributed by atoms with Crippen molar-refractivity contribution in [3.8, 4) is 5.75 Å². The van der Waals surface area contributed by atoms with Gasteiger partial charge in [-0.3, -0.25) is 4.98 Å². The fourth-order valence-electron chi connectivity index (χ4n) is 1.80. The first-order valence-corrected chi connectivity index (χ1v) is 6.20. The van der Waals surface area contributed by atoms with E-state index in [0.717, 1.165) is 17.1 Å². The van der Waals surface area contributed by atoms with Crippen LogP contribution in [0.15, 0.2) is 48.7 Å². The van der Waals surface area contributed by atoms with Crippen molar-refractivity contribution < 1.29 is 4.74 Å². The van der Waals surface area contributed by atoms with Crippen LogP contribution in [0.25, 0.3) is 0 Å². The summed E-state index contributed by atoms with van der Waals surface area (Å²) in [7, 11) is 0. The lowest BCUT2D eigenvalue weighted by Crippen LogP contribution is -2.08. The molecule has 0 amide bonds. The highest BCUT2D eigenvalue weighted by Gasteiger charge is 2.06. The SMILES string of the molecule is CCOc1cccc(NC(C)c2ccccn2)c1. The Morgan fingerprint density at radius 2 is 2.11 bits per heavy atom. The van der Waals surface area contributed by atoms with E-state index in [4.69, 9.17) is 4.74 Å². The highest BCUT2D eigenvalue weighted by atomic mass is 16.5. The summed E-state index contributed by atoms with van der Waals surface area (Å²) >= 11 is 0. The van der Waals surface area contributed by atoms with Gasteiger partial charge in [-0.2, -0.15) is 0 Å². The number of nitrogens with one attached hydrogen (secondary N) is 1. The predicted octanol–water partition coefficient (Wildman–Crippen LogP) is 3.65. The number of aromatic nitrogens is 1. The quantitative estimate of drug-likeness (QED) is 0.869. The Hall–Kier alpha value is -2.03. The van der Waals surface area contributed by atoms with Gasteiger partial charge in [-0.1, -0.05) is 12.1 Å². The van der Waals surface area contributed by atoms with Gasteiger partial charge in [0.1, 0.15) is 5.75 Å². The highest BCUT2D eigenvalue weighted by molar-refractivity contribution is 5.49. The molecule has 18 heavy (non-hydrogen) atoms. The highest BCUT2D eigenvalue weighted by Crippen LogP contribution is 2.21. The molecule has 3 heteroatoms. The molecule has 0 saturated heterocycles. The molecule has 0 spiro atoms. The number of ether oxygens (including phenoxy) is 1. The summed E-state index contributed by atoms with van der Waals surface area (Å²) in [5.41, 5.74) is 2.07. The van der Waals surface area contributed by atoms with Gasteiger partial charge in [0.05, 0.1) is 18.3 Å². The van der Waals surface area contributed by atoms with Gasteiger partial charge in [0, 0.05) is 18.0 Å². The molecule has 0 aliphatic carbocycles. The van der Waals surface area contributed by atoms with E-state index in [1.54, 1.807) is 0 Å². The van der Waals surface area contributed by atoms with Gasteiger partial charge >= 0.3 is 0 Å². The Balaban J connectivity index is 2.07. The summed E-state index contributed by atoms with van der Waals surface area (Å²) in [5, 5.41) is 3.41. The number of benzene rings is 1. The lowest BCUT2D eigenvalue weighted by Gasteiger charge is -2.15. The Labute approximate surface area is 108 Å². The summed E-state index contributed by atoms with van der Waals surface area (Å²) < 4.78 is 5.48. The average Bonchev–Trinajstić information content (AvgIpc) is 2.40. The summed E-state index contributed by atoms with van der Waals surface area (Å²) in [6, 6.07) is 14.1. The molecular weight excluding hydrogens is 224 g/mol. The first-order valence-electron chi connectivity index (χ1n) is 6.20. The van der Waals surface area contributed by atoms with E-state index < -0.39 is 0 Å². The molecular formula is C15H18N2O. The van der Waals surface area contributed by atoms with Crippen LogP contribution in [0.2, 0.25) is 0 Å². The van der Waals surface area contributed by atoms with Crippen LogP contribution in [0.4, 0.5) is 5.69 Å². The van der Waals surface area contributed by atoms with Crippen LogP contribution in [-0.4, -0.2) is 11.6 Å². The molecule has 0 fully saturated rings. The molecule has 1 aromatic heterocycles. The van der Waals surface area contributed by atoms with Crippen LogP contribution >= 0.6 is 0 Å². The zero-order chi connectivity index (χ0) is 12.8. The summed E-state index contributed by atoms with van der Waals surface area (Å²) in [5.74, 6) is 0.885. The van der Waals surface area contributed by atoms with Crippen molar-refractivity contribution in [2.24, 2.45) is 0 Å². The van der Waals surface area contributed by atoms with Crippen molar-refractivity contribution in [2.75, 3.05) is 11.9 Å². The number of pyridine rings is 1. The van der Waals surface area contributed by atoms with Crippen LogP contribution in [0, 0.1) is 0 Å². The van der Waals surface area contributed by atoms with E-state index in [2.05, 4.69) is 17.2 Å². The summed E-state index contributed by atoms with van der Waals surface area (Å²) in [4.78, 5) is 4.34. The summed E-state index contributed by atoms with van der Waals surface area (Å²) in [6.07, 6.45) is 1.81. The van der Waals surface area contributed by atoms with Gasteiger partial charge in [-0.25, -0.2) is 0 Å². The Morgan fingerprint density at radius 1 is 1.22 bits per heavy atom. The maximum atomic E-state index is 5.48. The zero-order valence-corrected chi connectivity index (χ0v) is 10.8. The molecule has 0 aliphatic rings. The van der Waals surface area contributed by atoms with Crippen LogP contribution < -0.4 is 10.1 Å². The maximum Gasteiger partial charge on any atom is 0.121 e. The third kappa shape index (κ3) is 3.23. The van der Waals surface area contributed by atoms with E-state index in [9.17, 15) is 0 Å². The molecule has 1 aromatic carbocycles. The van der Waals surface area contributed by atoms with E-state index in [-0.39, 0.29) is 6.04 Å². The van der Waals surface area contributed by atoms with Crippen molar-refractivity contribution in [3.05, 3.63) is 54.4 Å². The number of rotatable bonds is 5. The smallest absolute Gasteiger partial charge is 0.121 e. The van der Waals surface area contributed by atoms with Crippen LogP contribution in [-0.2, 0) is 0 Å². The molecule has 94 valence electrons. The minimum atomic E-state index is 0.170. The van der Waals surface area contributed by atoms with Gasteiger partial charge < -0.3 is 10.1 Å². The molecule has 1 heterocycles. The second-order valence-electron chi connectivity index (χ2n) is 4.08. The first-order chi connectivity index (χ1) is 8.79. The topological polar surface area (TPSA) is 34.1 Å². The Morgan fingerprint density at radius 3 is 2.83 bits per heavy atom. The van der Waals surface area contributed by atoms with Crippen LogP contribution in [0.1, 0.15) is 25.6 Å². The summed E-state index contributed by atoms with van der Waals surface area (Å²) in [6.45, 7) is 4.76. The fraction of sp³-hybridized carbons (Fsp3) is 0.267. The molecule has 0 saturated carbocycles. The van der Waals surface area contributed by atoms with Crippen LogP contribution in [0.5, 0.6) is 5.75 Å². The second kappa shape index (κ2) is 6.05. The van der Waals surface area contributed by atoms with E-state index in [0.29, 0.717) is 6.61 Å². The van der Waals surface area contributed by atoms with Crippen molar-refractivity contribution in [1.29, 1.82) is 0 Å². The third-order valence-electron chi connectivity index (χ3n) is 2.66. The van der Waals surface area contributed by atoms with Gasteiger partial charge in [-0.05, 0) is 38.1 Å². The van der Waals surface area contributed by atoms with Crippen molar-refractivity contribution in [1.82, 2.24) is 4.98 Å².